The standard InChI is InChI=1S/C15H32N2O2/c1-5-9-15(4,19)11-17-14(18)7-6-13(8-10-16)12(2)3/h12-13,19H,5-11,16H2,1-4H3,(H,17,18). The molecular weight excluding hydrogens is 240 g/mol. The van der Waals surface area contributed by atoms with Crippen molar-refractivity contribution in [1.29, 1.82) is 0 Å². The largest absolute Gasteiger partial charge is 0.388 e. The Hall–Kier alpha value is -0.610. The minimum absolute atomic E-state index is 0.0269. The average molecular weight is 272 g/mol. The molecule has 0 spiro atoms. The van der Waals surface area contributed by atoms with E-state index in [4.69, 9.17) is 5.73 Å². The summed E-state index contributed by atoms with van der Waals surface area (Å²) in [6.07, 6.45) is 3.98. The number of carbonyl (C=O) groups is 1. The van der Waals surface area contributed by atoms with Crippen molar-refractivity contribution in [3.8, 4) is 0 Å². The van der Waals surface area contributed by atoms with E-state index in [0.29, 0.717) is 37.8 Å². The van der Waals surface area contributed by atoms with E-state index in [0.717, 1.165) is 19.3 Å². The fourth-order valence-corrected chi connectivity index (χ4v) is 2.35. The third kappa shape index (κ3) is 9.00. The smallest absolute Gasteiger partial charge is 0.220 e. The van der Waals surface area contributed by atoms with Gasteiger partial charge >= 0.3 is 0 Å². The molecule has 4 heteroatoms. The summed E-state index contributed by atoms with van der Waals surface area (Å²) in [6, 6.07) is 0. The van der Waals surface area contributed by atoms with Crippen molar-refractivity contribution >= 4 is 5.91 Å². The summed E-state index contributed by atoms with van der Waals surface area (Å²) in [6.45, 7) is 9.14. The SMILES string of the molecule is CCCC(C)(O)CNC(=O)CCC(CCN)C(C)C. The normalized spacial score (nSPS) is 16.2. The molecule has 0 aromatic rings. The summed E-state index contributed by atoms with van der Waals surface area (Å²) in [5, 5.41) is 12.8. The highest BCUT2D eigenvalue weighted by atomic mass is 16.3. The second-order valence-electron chi connectivity index (χ2n) is 6.14. The lowest BCUT2D eigenvalue weighted by atomic mass is 9.88. The molecule has 19 heavy (non-hydrogen) atoms. The van der Waals surface area contributed by atoms with Crippen LogP contribution in [0.15, 0.2) is 0 Å². The molecule has 2 unspecified atom stereocenters. The van der Waals surface area contributed by atoms with Crippen molar-refractivity contribution in [1.82, 2.24) is 5.32 Å². The van der Waals surface area contributed by atoms with E-state index in [2.05, 4.69) is 19.2 Å². The Morgan fingerprint density at radius 3 is 2.47 bits per heavy atom. The van der Waals surface area contributed by atoms with Crippen LogP contribution in [-0.2, 0) is 4.79 Å². The van der Waals surface area contributed by atoms with Crippen LogP contribution in [0.2, 0.25) is 0 Å². The van der Waals surface area contributed by atoms with E-state index < -0.39 is 5.60 Å². The molecular formula is C15H32N2O2. The predicted octanol–water partition coefficient (Wildman–Crippen LogP) is 2.05. The van der Waals surface area contributed by atoms with Crippen LogP contribution in [0.25, 0.3) is 0 Å². The number of hydrogen-bond donors (Lipinski definition) is 3. The van der Waals surface area contributed by atoms with Crippen LogP contribution in [0.5, 0.6) is 0 Å². The lowest BCUT2D eigenvalue weighted by Gasteiger charge is -2.24. The van der Waals surface area contributed by atoms with E-state index in [9.17, 15) is 9.90 Å². The molecule has 0 radical (unpaired) electrons. The van der Waals surface area contributed by atoms with Crippen molar-refractivity contribution in [3.05, 3.63) is 0 Å². The zero-order valence-corrected chi connectivity index (χ0v) is 13.0. The van der Waals surface area contributed by atoms with Crippen LogP contribution in [-0.4, -0.2) is 29.7 Å². The zero-order valence-electron chi connectivity index (χ0n) is 13.0. The zero-order chi connectivity index (χ0) is 14.9. The Balaban J connectivity index is 3.97. The summed E-state index contributed by atoms with van der Waals surface area (Å²) < 4.78 is 0. The minimum Gasteiger partial charge on any atom is -0.388 e. The van der Waals surface area contributed by atoms with Crippen LogP contribution in [0.3, 0.4) is 0 Å². The highest BCUT2D eigenvalue weighted by Gasteiger charge is 2.20. The summed E-state index contributed by atoms with van der Waals surface area (Å²) >= 11 is 0. The van der Waals surface area contributed by atoms with Gasteiger partial charge in [0, 0.05) is 13.0 Å². The number of hydrogen-bond acceptors (Lipinski definition) is 3. The van der Waals surface area contributed by atoms with Gasteiger partial charge in [0.1, 0.15) is 0 Å². The number of rotatable bonds is 10. The van der Waals surface area contributed by atoms with Crippen LogP contribution < -0.4 is 11.1 Å². The van der Waals surface area contributed by atoms with Gasteiger partial charge in [0.2, 0.25) is 5.91 Å². The second-order valence-corrected chi connectivity index (χ2v) is 6.14. The Kier molecular flexibility index (Phi) is 9.02. The van der Waals surface area contributed by atoms with Gasteiger partial charge in [-0.05, 0) is 44.6 Å². The van der Waals surface area contributed by atoms with Gasteiger partial charge in [0.25, 0.3) is 0 Å². The van der Waals surface area contributed by atoms with E-state index in [1.165, 1.54) is 0 Å². The molecule has 4 nitrogen and oxygen atoms in total. The van der Waals surface area contributed by atoms with Crippen LogP contribution in [0, 0.1) is 11.8 Å². The fourth-order valence-electron chi connectivity index (χ4n) is 2.35. The van der Waals surface area contributed by atoms with Gasteiger partial charge in [0.05, 0.1) is 5.60 Å². The lowest BCUT2D eigenvalue weighted by molar-refractivity contribution is -0.122. The molecule has 4 N–H and O–H groups in total. The Bertz CT molecular complexity index is 253. The second kappa shape index (κ2) is 9.32. The lowest BCUT2D eigenvalue weighted by Crippen LogP contribution is -2.40. The third-order valence-corrected chi connectivity index (χ3v) is 3.68. The van der Waals surface area contributed by atoms with E-state index in [1.807, 2.05) is 6.92 Å². The maximum absolute atomic E-state index is 11.8. The number of aliphatic hydroxyl groups is 1. The minimum atomic E-state index is -0.793. The molecule has 0 saturated carbocycles. The van der Waals surface area contributed by atoms with E-state index >= 15 is 0 Å². The third-order valence-electron chi connectivity index (χ3n) is 3.68. The average Bonchev–Trinajstić information content (AvgIpc) is 2.31. The highest BCUT2D eigenvalue weighted by Crippen LogP contribution is 2.20. The Labute approximate surface area is 118 Å². The van der Waals surface area contributed by atoms with Crippen molar-refractivity contribution in [2.45, 2.75) is 65.4 Å². The van der Waals surface area contributed by atoms with Gasteiger partial charge in [-0.25, -0.2) is 0 Å². The summed E-state index contributed by atoms with van der Waals surface area (Å²) in [4.78, 5) is 11.8. The van der Waals surface area contributed by atoms with Gasteiger partial charge in [-0.1, -0.05) is 27.2 Å². The fraction of sp³-hybridized carbons (Fsp3) is 0.933. The molecule has 114 valence electrons. The number of amides is 1. The number of nitrogens with one attached hydrogen (secondary N) is 1. The van der Waals surface area contributed by atoms with Crippen molar-refractivity contribution in [2.24, 2.45) is 17.6 Å². The first-order chi connectivity index (χ1) is 8.82. The Morgan fingerprint density at radius 1 is 1.37 bits per heavy atom. The molecule has 0 fully saturated rings. The summed E-state index contributed by atoms with van der Waals surface area (Å²) in [5.41, 5.74) is 4.80. The van der Waals surface area contributed by atoms with Gasteiger partial charge in [0.15, 0.2) is 0 Å². The van der Waals surface area contributed by atoms with E-state index in [-0.39, 0.29) is 5.91 Å². The molecule has 0 aliphatic carbocycles. The molecule has 0 heterocycles. The summed E-state index contributed by atoms with van der Waals surface area (Å²) in [7, 11) is 0. The van der Waals surface area contributed by atoms with Gasteiger partial charge in [-0.15, -0.1) is 0 Å². The van der Waals surface area contributed by atoms with Crippen molar-refractivity contribution < 1.29 is 9.90 Å². The summed E-state index contributed by atoms with van der Waals surface area (Å²) in [5.74, 6) is 1.09. The number of nitrogens with two attached hydrogens (primary N) is 1. The van der Waals surface area contributed by atoms with Crippen molar-refractivity contribution in [2.75, 3.05) is 13.1 Å². The predicted molar refractivity (Wildman–Crippen MR) is 79.8 cm³/mol. The number of carbonyl (C=O) groups excluding carboxylic acids is 1. The highest BCUT2D eigenvalue weighted by molar-refractivity contribution is 5.75. The molecule has 0 aliphatic heterocycles. The maximum atomic E-state index is 11.8. The first kappa shape index (κ1) is 18.4. The van der Waals surface area contributed by atoms with Crippen LogP contribution >= 0.6 is 0 Å². The van der Waals surface area contributed by atoms with Crippen LogP contribution in [0.1, 0.15) is 59.8 Å². The quantitative estimate of drug-likeness (QED) is 0.570. The van der Waals surface area contributed by atoms with Crippen LogP contribution in [0.4, 0.5) is 0 Å². The van der Waals surface area contributed by atoms with Gasteiger partial charge in [-0.3, -0.25) is 4.79 Å². The molecule has 0 aliphatic rings. The molecule has 1 amide bonds. The maximum Gasteiger partial charge on any atom is 0.220 e. The Morgan fingerprint density at radius 2 is 2.00 bits per heavy atom. The monoisotopic (exact) mass is 272 g/mol. The van der Waals surface area contributed by atoms with E-state index in [1.54, 1.807) is 6.92 Å². The van der Waals surface area contributed by atoms with Gasteiger partial charge in [-0.2, -0.15) is 0 Å². The first-order valence-corrected chi connectivity index (χ1v) is 7.51. The molecule has 0 aromatic heterocycles. The molecule has 0 bridgehead atoms. The molecule has 0 saturated heterocycles. The topological polar surface area (TPSA) is 75.3 Å². The van der Waals surface area contributed by atoms with Gasteiger partial charge < -0.3 is 16.2 Å². The molecule has 0 aromatic carbocycles. The first-order valence-electron chi connectivity index (χ1n) is 7.51. The molecule has 0 rings (SSSR count). The van der Waals surface area contributed by atoms with Crippen molar-refractivity contribution in [3.63, 3.8) is 0 Å². The molecule has 2 atom stereocenters.